The average Bonchev–Trinajstić information content (AvgIpc) is 2.94. The summed E-state index contributed by atoms with van der Waals surface area (Å²) in [7, 11) is 0. The van der Waals surface area contributed by atoms with Gasteiger partial charge in [-0.2, -0.15) is 0 Å². The van der Waals surface area contributed by atoms with Gasteiger partial charge in [0.1, 0.15) is 17.7 Å². The quantitative estimate of drug-likeness (QED) is 0.261. The number of amides is 1. The van der Waals surface area contributed by atoms with Crippen LogP contribution < -0.4 is 0 Å². The van der Waals surface area contributed by atoms with Crippen LogP contribution in [0.4, 0.5) is 0 Å². The summed E-state index contributed by atoms with van der Waals surface area (Å²) in [6.45, 7) is 1.21. The maximum atomic E-state index is 13.8. The van der Waals surface area contributed by atoms with Crippen molar-refractivity contribution < 1.29 is 23.9 Å². The third kappa shape index (κ3) is 5.20. The van der Waals surface area contributed by atoms with Gasteiger partial charge in [0, 0.05) is 24.4 Å². The molecule has 1 aromatic heterocycles. The Morgan fingerprint density at radius 2 is 1.68 bits per heavy atom. The van der Waals surface area contributed by atoms with E-state index in [1.165, 1.54) is 23.6 Å². The van der Waals surface area contributed by atoms with Crippen molar-refractivity contribution in [1.29, 1.82) is 0 Å². The lowest BCUT2D eigenvalue weighted by Crippen LogP contribution is -2.56. The van der Waals surface area contributed by atoms with E-state index >= 15 is 0 Å². The largest absolute Gasteiger partial charge is 0.461 e. The van der Waals surface area contributed by atoms with Gasteiger partial charge >= 0.3 is 11.9 Å². The number of β-lactam (4-membered cyclic amide) rings is 1. The summed E-state index contributed by atoms with van der Waals surface area (Å²) in [6, 6.07) is 24.3. The minimum atomic E-state index is -0.676. The number of pyridine rings is 1. The highest BCUT2D eigenvalue weighted by atomic mass is 32.2. The lowest BCUT2D eigenvalue weighted by Gasteiger charge is -2.46. The van der Waals surface area contributed by atoms with Gasteiger partial charge in [-0.05, 0) is 29.3 Å². The number of nitrogens with zero attached hydrogens (tertiary/aromatic N) is 2. The van der Waals surface area contributed by atoms with E-state index in [9.17, 15) is 14.4 Å². The van der Waals surface area contributed by atoms with E-state index in [0.717, 1.165) is 11.1 Å². The van der Waals surface area contributed by atoms with Gasteiger partial charge in [0.25, 0.3) is 5.91 Å². The monoisotopic (exact) mass is 512 g/mol. The number of rotatable bonds is 7. The molecule has 186 valence electrons. The van der Waals surface area contributed by atoms with Crippen molar-refractivity contribution in [2.75, 3.05) is 12.4 Å². The normalized spacial score (nSPS) is 17.9. The molecule has 3 aromatic rings. The molecule has 5 rings (SSSR count). The number of ether oxygens (including phenoxy) is 2. The van der Waals surface area contributed by atoms with Crippen molar-refractivity contribution in [2.45, 2.75) is 18.4 Å². The molecule has 0 spiro atoms. The molecule has 1 amide bonds. The summed E-state index contributed by atoms with van der Waals surface area (Å²) in [4.78, 5) is 44.3. The number of hydrogen-bond acceptors (Lipinski definition) is 7. The van der Waals surface area contributed by atoms with Crippen LogP contribution in [0, 0.1) is 0 Å². The summed E-state index contributed by atoms with van der Waals surface area (Å²) >= 11 is 1.49. The predicted octanol–water partition coefficient (Wildman–Crippen LogP) is 4.53. The van der Waals surface area contributed by atoms with Crippen LogP contribution in [-0.2, 0) is 23.9 Å². The maximum Gasteiger partial charge on any atom is 0.356 e. The van der Waals surface area contributed by atoms with Crippen LogP contribution in [-0.4, -0.2) is 45.5 Å². The Morgan fingerprint density at radius 3 is 2.27 bits per heavy atom. The van der Waals surface area contributed by atoms with Crippen molar-refractivity contribution in [2.24, 2.45) is 0 Å². The second kappa shape index (κ2) is 10.8. The lowest BCUT2D eigenvalue weighted by atomic mass is 10.00. The molecular formula is C29H24N2O5S. The van der Waals surface area contributed by atoms with Crippen molar-refractivity contribution >= 4 is 35.7 Å². The molecule has 37 heavy (non-hydrogen) atoms. The summed E-state index contributed by atoms with van der Waals surface area (Å²) in [6.07, 6.45) is 2.73. The highest BCUT2D eigenvalue weighted by molar-refractivity contribution is 8.00. The zero-order chi connectivity index (χ0) is 25.8. The second-order valence-corrected chi connectivity index (χ2v) is 9.60. The van der Waals surface area contributed by atoms with Gasteiger partial charge in [-0.15, -0.1) is 11.8 Å². The SMILES string of the molecule is CC(=O)OCC1=C(C(=O)OC(c2ccccc2)c2ccccc2)N2C(=O)/C(=C/c3ccccn3)[C@H]2SC1. The molecule has 2 aliphatic rings. The van der Waals surface area contributed by atoms with Crippen molar-refractivity contribution in [3.63, 3.8) is 0 Å². The van der Waals surface area contributed by atoms with Crippen LogP contribution in [0.2, 0.25) is 0 Å². The first kappa shape index (κ1) is 24.5. The molecule has 1 fully saturated rings. The first-order chi connectivity index (χ1) is 18.0. The van der Waals surface area contributed by atoms with Crippen molar-refractivity contribution in [1.82, 2.24) is 9.88 Å². The zero-order valence-electron chi connectivity index (χ0n) is 20.1. The van der Waals surface area contributed by atoms with Crippen molar-refractivity contribution in [3.8, 4) is 0 Å². The summed E-state index contributed by atoms with van der Waals surface area (Å²) < 4.78 is 11.3. The van der Waals surface area contributed by atoms with E-state index in [-0.39, 0.29) is 23.6 Å². The summed E-state index contributed by atoms with van der Waals surface area (Å²) in [5, 5.41) is -0.356. The number of carbonyl (C=O) groups excluding carboxylic acids is 3. The number of hydrogen-bond donors (Lipinski definition) is 0. The Hall–Kier alpha value is -4.17. The highest BCUT2D eigenvalue weighted by Gasteiger charge is 2.50. The molecule has 2 aliphatic heterocycles. The molecule has 8 heteroatoms. The number of thioether (sulfide) groups is 1. The van der Waals surface area contributed by atoms with Gasteiger partial charge in [0.2, 0.25) is 0 Å². The molecule has 0 saturated carbocycles. The fourth-order valence-corrected chi connectivity index (χ4v) is 5.55. The molecule has 2 aromatic carbocycles. The molecule has 0 radical (unpaired) electrons. The van der Waals surface area contributed by atoms with Crippen LogP contribution in [0.15, 0.2) is 102 Å². The molecule has 0 aliphatic carbocycles. The molecule has 1 atom stereocenters. The number of benzene rings is 2. The minimum absolute atomic E-state index is 0.0934. The average molecular weight is 513 g/mol. The number of aromatic nitrogens is 1. The van der Waals surface area contributed by atoms with Gasteiger partial charge in [-0.25, -0.2) is 4.79 Å². The third-order valence-corrected chi connectivity index (χ3v) is 7.32. The topological polar surface area (TPSA) is 85.8 Å². The van der Waals surface area contributed by atoms with E-state index in [0.29, 0.717) is 22.6 Å². The maximum absolute atomic E-state index is 13.8. The minimum Gasteiger partial charge on any atom is -0.461 e. The zero-order valence-corrected chi connectivity index (χ0v) is 20.9. The number of carbonyl (C=O) groups is 3. The van der Waals surface area contributed by atoms with E-state index in [1.807, 2.05) is 72.8 Å². The summed E-state index contributed by atoms with van der Waals surface area (Å²) in [5.41, 5.74) is 3.49. The van der Waals surface area contributed by atoms with Crippen LogP contribution in [0.3, 0.4) is 0 Å². The van der Waals surface area contributed by atoms with Crippen LogP contribution in [0.5, 0.6) is 0 Å². The Morgan fingerprint density at radius 1 is 1.03 bits per heavy atom. The fraction of sp³-hybridized carbons (Fsp3) is 0.172. The Bertz CT molecular complexity index is 1330. The number of fused-ring (bicyclic) bond motifs is 1. The van der Waals surface area contributed by atoms with E-state index in [1.54, 1.807) is 18.3 Å². The Labute approximate surface area is 218 Å². The van der Waals surface area contributed by atoms with Crippen molar-refractivity contribution in [3.05, 3.63) is 119 Å². The molecule has 1 saturated heterocycles. The van der Waals surface area contributed by atoms with Gasteiger partial charge in [-0.3, -0.25) is 19.5 Å². The second-order valence-electron chi connectivity index (χ2n) is 8.53. The molecule has 0 N–H and O–H groups in total. The Kier molecular flexibility index (Phi) is 7.18. The molecule has 3 heterocycles. The molecular weight excluding hydrogens is 488 g/mol. The van der Waals surface area contributed by atoms with Crippen LogP contribution in [0.25, 0.3) is 6.08 Å². The molecule has 0 bridgehead atoms. The smallest absolute Gasteiger partial charge is 0.356 e. The van der Waals surface area contributed by atoms with Gasteiger partial charge in [-0.1, -0.05) is 66.7 Å². The number of esters is 2. The van der Waals surface area contributed by atoms with Crippen LogP contribution in [0.1, 0.15) is 29.8 Å². The van der Waals surface area contributed by atoms with Gasteiger partial charge in [0.05, 0.1) is 11.3 Å². The first-order valence-electron chi connectivity index (χ1n) is 11.8. The van der Waals surface area contributed by atoms with E-state index in [2.05, 4.69) is 4.98 Å². The van der Waals surface area contributed by atoms with E-state index < -0.39 is 18.0 Å². The lowest BCUT2D eigenvalue weighted by molar-refractivity contribution is -0.149. The molecule has 7 nitrogen and oxygen atoms in total. The fourth-order valence-electron chi connectivity index (χ4n) is 4.27. The molecule has 0 unspecified atom stereocenters. The first-order valence-corrected chi connectivity index (χ1v) is 12.8. The van der Waals surface area contributed by atoms with Crippen LogP contribution >= 0.6 is 11.8 Å². The predicted molar refractivity (Wildman–Crippen MR) is 140 cm³/mol. The van der Waals surface area contributed by atoms with Gasteiger partial charge < -0.3 is 9.47 Å². The standard InChI is InChI=1S/C29H24N2O5S/c1-19(32)35-17-22-18-37-28-24(16-23-14-8-9-15-30-23)27(33)31(28)25(22)29(34)36-26(20-10-4-2-5-11-20)21-12-6-3-7-13-21/h2-16,26,28H,17-18H2,1H3/b24-16-/t28-/m1/s1. The Balaban J connectivity index is 1.48. The van der Waals surface area contributed by atoms with Gasteiger partial charge in [0.15, 0.2) is 6.10 Å². The van der Waals surface area contributed by atoms with E-state index in [4.69, 9.17) is 9.47 Å². The third-order valence-electron chi connectivity index (χ3n) is 6.02. The highest BCUT2D eigenvalue weighted by Crippen LogP contribution is 2.45. The summed E-state index contributed by atoms with van der Waals surface area (Å²) in [5.74, 6) is -1.00.